The van der Waals surface area contributed by atoms with Gasteiger partial charge in [-0.1, -0.05) is 0 Å². The number of amides is 1. The standard InChI is InChI=1S/C12H22N2O6/c1-9(15)8-20-7-6-19-5-4-14-11(16)3-2-10(13)12(17)18/h10H,2-8,13H2,1H3,(H,14,16)(H,17,18). The zero-order valence-corrected chi connectivity index (χ0v) is 11.6. The third-order valence-corrected chi connectivity index (χ3v) is 2.25. The van der Waals surface area contributed by atoms with Crippen LogP contribution in [0.15, 0.2) is 0 Å². The SMILES string of the molecule is CC(=O)COCCOCCNC(=O)CCC(N)C(=O)O. The molecule has 8 nitrogen and oxygen atoms in total. The fourth-order valence-corrected chi connectivity index (χ4v) is 1.20. The van der Waals surface area contributed by atoms with Crippen molar-refractivity contribution < 1.29 is 29.0 Å². The number of hydrogen-bond donors (Lipinski definition) is 3. The van der Waals surface area contributed by atoms with Crippen LogP contribution in [0.2, 0.25) is 0 Å². The molecular weight excluding hydrogens is 268 g/mol. The summed E-state index contributed by atoms with van der Waals surface area (Å²) in [7, 11) is 0. The second-order valence-corrected chi connectivity index (χ2v) is 4.20. The van der Waals surface area contributed by atoms with Crippen molar-refractivity contribution in [2.75, 3.05) is 33.0 Å². The molecule has 0 bridgehead atoms. The van der Waals surface area contributed by atoms with Crippen molar-refractivity contribution in [2.24, 2.45) is 5.73 Å². The van der Waals surface area contributed by atoms with Crippen molar-refractivity contribution in [2.45, 2.75) is 25.8 Å². The molecular formula is C12H22N2O6. The van der Waals surface area contributed by atoms with Gasteiger partial charge in [0.05, 0.1) is 19.8 Å². The van der Waals surface area contributed by atoms with E-state index in [0.29, 0.717) is 26.4 Å². The first kappa shape index (κ1) is 18.5. The van der Waals surface area contributed by atoms with Crippen LogP contribution in [0.3, 0.4) is 0 Å². The van der Waals surface area contributed by atoms with Crippen molar-refractivity contribution >= 4 is 17.7 Å². The Morgan fingerprint density at radius 1 is 1.20 bits per heavy atom. The Bertz CT molecular complexity index is 321. The molecule has 1 atom stereocenters. The molecule has 0 saturated heterocycles. The fourth-order valence-electron chi connectivity index (χ4n) is 1.20. The normalized spacial score (nSPS) is 11.9. The van der Waals surface area contributed by atoms with E-state index in [4.69, 9.17) is 20.3 Å². The van der Waals surface area contributed by atoms with Gasteiger partial charge in [-0.05, 0) is 13.3 Å². The highest BCUT2D eigenvalue weighted by molar-refractivity contribution is 5.78. The zero-order chi connectivity index (χ0) is 15.4. The number of carbonyl (C=O) groups is 3. The van der Waals surface area contributed by atoms with Crippen LogP contribution >= 0.6 is 0 Å². The maximum Gasteiger partial charge on any atom is 0.320 e. The number of ketones is 1. The number of carboxylic acids is 1. The fraction of sp³-hybridized carbons (Fsp3) is 0.750. The van der Waals surface area contributed by atoms with Gasteiger partial charge in [0.1, 0.15) is 12.6 Å². The Kier molecular flexibility index (Phi) is 10.5. The lowest BCUT2D eigenvalue weighted by Gasteiger charge is -2.08. The Balaban J connectivity index is 3.35. The smallest absolute Gasteiger partial charge is 0.320 e. The summed E-state index contributed by atoms with van der Waals surface area (Å²) in [6.07, 6.45) is 0.163. The van der Waals surface area contributed by atoms with Gasteiger partial charge >= 0.3 is 5.97 Å². The van der Waals surface area contributed by atoms with E-state index in [1.165, 1.54) is 6.92 Å². The maximum atomic E-state index is 11.3. The largest absolute Gasteiger partial charge is 0.480 e. The second-order valence-electron chi connectivity index (χ2n) is 4.20. The number of Topliss-reactive ketones (excluding diaryl/α,β-unsaturated/α-hetero) is 1. The molecule has 116 valence electrons. The quantitative estimate of drug-likeness (QED) is 0.390. The number of carboxylic acid groups (broad SMARTS) is 1. The van der Waals surface area contributed by atoms with Gasteiger partial charge in [-0.15, -0.1) is 0 Å². The van der Waals surface area contributed by atoms with Crippen LogP contribution in [-0.4, -0.2) is 61.8 Å². The lowest BCUT2D eigenvalue weighted by molar-refractivity contribution is -0.138. The number of ether oxygens (including phenoxy) is 2. The average molecular weight is 290 g/mol. The summed E-state index contributed by atoms with van der Waals surface area (Å²) in [6.45, 7) is 2.82. The average Bonchev–Trinajstić information content (AvgIpc) is 2.38. The lowest BCUT2D eigenvalue weighted by atomic mass is 10.1. The molecule has 0 aliphatic rings. The molecule has 1 amide bonds. The molecule has 1 unspecified atom stereocenters. The molecule has 0 fully saturated rings. The Labute approximate surface area is 117 Å². The van der Waals surface area contributed by atoms with Gasteiger partial charge in [-0.3, -0.25) is 14.4 Å². The molecule has 0 aromatic heterocycles. The predicted molar refractivity (Wildman–Crippen MR) is 70.2 cm³/mol. The minimum absolute atomic E-state index is 0.0446. The van der Waals surface area contributed by atoms with Gasteiger partial charge in [0.2, 0.25) is 5.91 Å². The predicted octanol–water partition coefficient (Wildman–Crippen LogP) is -1.08. The minimum atomic E-state index is -1.12. The number of carbonyl (C=O) groups excluding carboxylic acids is 2. The second kappa shape index (κ2) is 11.3. The topological polar surface area (TPSA) is 128 Å². The molecule has 0 heterocycles. The van der Waals surface area contributed by atoms with Crippen LogP contribution in [0.25, 0.3) is 0 Å². The van der Waals surface area contributed by atoms with Crippen LogP contribution in [-0.2, 0) is 23.9 Å². The van der Waals surface area contributed by atoms with E-state index in [2.05, 4.69) is 5.32 Å². The van der Waals surface area contributed by atoms with Gasteiger partial charge in [0.15, 0.2) is 5.78 Å². The number of nitrogens with two attached hydrogens (primary N) is 1. The molecule has 0 aliphatic carbocycles. The first-order valence-corrected chi connectivity index (χ1v) is 6.33. The van der Waals surface area contributed by atoms with Gasteiger partial charge < -0.3 is 25.6 Å². The summed E-state index contributed by atoms with van der Waals surface area (Å²) in [5, 5.41) is 11.1. The van der Waals surface area contributed by atoms with Crippen LogP contribution < -0.4 is 11.1 Å². The molecule has 0 radical (unpaired) electrons. The molecule has 0 rings (SSSR count). The molecule has 0 aliphatic heterocycles. The summed E-state index contributed by atoms with van der Waals surface area (Å²) >= 11 is 0. The van der Waals surface area contributed by atoms with Crippen molar-refractivity contribution in [1.82, 2.24) is 5.32 Å². The van der Waals surface area contributed by atoms with E-state index in [1.54, 1.807) is 0 Å². The molecule has 4 N–H and O–H groups in total. The Hall–Kier alpha value is -1.51. The Morgan fingerprint density at radius 2 is 1.85 bits per heavy atom. The first-order valence-electron chi connectivity index (χ1n) is 6.33. The molecule has 0 spiro atoms. The zero-order valence-electron chi connectivity index (χ0n) is 11.6. The monoisotopic (exact) mass is 290 g/mol. The van der Waals surface area contributed by atoms with Gasteiger partial charge in [0, 0.05) is 13.0 Å². The first-order chi connectivity index (χ1) is 9.43. The summed E-state index contributed by atoms with van der Waals surface area (Å²) in [5.41, 5.74) is 5.27. The minimum Gasteiger partial charge on any atom is -0.480 e. The van der Waals surface area contributed by atoms with Crippen molar-refractivity contribution in [1.29, 1.82) is 0 Å². The molecule has 0 aromatic rings. The van der Waals surface area contributed by atoms with E-state index in [-0.39, 0.29) is 31.1 Å². The van der Waals surface area contributed by atoms with Crippen molar-refractivity contribution in [3.05, 3.63) is 0 Å². The van der Waals surface area contributed by atoms with E-state index in [9.17, 15) is 14.4 Å². The van der Waals surface area contributed by atoms with Gasteiger partial charge in [0.25, 0.3) is 0 Å². The van der Waals surface area contributed by atoms with E-state index in [0.717, 1.165) is 0 Å². The van der Waals surface area contributed by atoms with Crippen molar-refractivity contribution in [3.63, 3.8) is 0 Å². The summed E-state index contributed by atoms with van der Waals surface area (Å²) in [5.74, 6) is -1.43. The highest BCUT2D eigenvalue weighted by atomic mass is 16.5. The molecule has 0 saturated carbocycles. The van der Waals surface area contributed by atoms with E-state index < -0.39 is 12.0 Å². The number of rotatable bonds is 12. The summed E-state index contributed by atoms with van der Waals surface area (Å²) in [4.78, 5) is 32.3. The number of aliphatic carboxylic acids is 1. The molecule has 0 aromatic carbocycles. The van der Waals surface area contributed by atoms with Crippen LogP contribution in [0.5, 0.6) is 0 Å². The van der Waals surface area contributed by atoms with Crippen LogP contribution in [0, 0.1) is 0 Å². The summed E-state index contributed by atoms with van der Waals surface area (Å²) in [6, 6.07) is -1.02. The van der Waals surface area contributed by atoms with Crippen molar-refractivity contribution in [3.8, 4) is 0 Å². The van der Waals surface area contributed by atoms with Crippen LogP contribution in [0.4, 0.5) is 0 Å². The van der Waals surface area contributed by atoms with E-state index in [1.807, 2.05) is 0 Å². The number of nitrogens with one attached hydrogen (secondary N) is 1. The van der Waals surface area contributed by atoms with Gasteiger partial charge in [-0.2, -0.15) is 0 Å². The highest BCUT2D eigenvalue weighted by Crippen LogP contribution is 1.94. The molecule has 20 heavy (non-hydrogen) atoms. The Morgan fingerprint density at radius 3 is 2.45 bits per heavy atom. The van der Waals surface area contributed by atoms with E-state index >= 15 is 0 Å². The summed E-state index contributed by atoms with van der Waals surface area (Å²) < 4.78 is 10.1. The highest BCUT2D eigenvalue weighted by Gasteiger charge is 2.12. The third kappa shape index (κ3) is 11.6. The van der Waals surface area contributed by atoms with Crippen LogP contribution in [0.1, 0.15) is 19.8 Å². The van der Waals surface area contributed by atoms with Gasteiger partial charge in [-0.25, -0.2) is 0 Å². The molecule has 8 heteroatoms. The third-order valence-electron chi connectivity index (χ3n) is 2.25. The lowest BCUT2D eigenvalue weighted by Crippen LogP contribution is -2.33. The number of hydrogen-bond acceptors (Lipinski definition) is 6. The maximum absolute atomic E-state index is 11.3.